The fraction of sp³-hybridized carbons (Fsp3) is 1.00. The Morgan fingerprint density at radius 2 is 1.75 bits per heavy atom. The van der Waals surface area contributed by atoms with Gasteiger partial charge < -0.3 is 0 Å². The summed E-state index contributed by atoms with van der Waals surface area (Å²) in [5.74, 6) is 2.01. The van der Waals surface area contributed by atoms with E-state index in [1.54, 1.807) is 0 Å². The number of rotatable bonds is 3. The summed E-state index contributed by atoms with van der Waals surface area (Å²) in [6.07, 6.45) is 8.56. The lowest BCUT2D eigenvalue weighted by molar-refractivity contribution is 0.264. The highest BCUT2D eigenvalue weighted by Crippen LogP contribution is 2.35. The molecule has 1 aliphatic carbocycles. The van der Waals surface area contributed by atoms with E-state index in [0.717, 1.165) is 16.7 Å². The molecule has 0 radical (unpaired) electrons. The van der Waals surface area contributed by atoms with E-state index in [0.29, 0.717) is 0 Å². The first-order valence-corrected chi connectivity index (χ1v) is 6.33. The molecule has 0 saturated heterocycles. The van der Waals surface area contributed by atoms with Gasteiger partial charge in [-0.25, -0.2) is 0 Å². The SMILES string of the molecule is CCC1CCC(C(Br)CC)CC1. The van der Waals surface area contributed by atoms with Crippen molar-refractivity contribution in [3.63, 3.8) is 0 Å². The van der Waals surface area contributed by atoms with Gasteiger partial charge in [0.2, 0.25) is 0 Å². The Kier molecular flexibility index (Phi) is 4.63. The van der Waals surface area contributed by atoms with Gasteiger partial charge in [-0.15, -0.1) is 0 Å². The zero-order valence-electron chi connectivity index (χ0n) is 8.35. The van der Waals surface area contributed by atoms with E-state index >= 15 is 0 Å². The van der Waals surface area contributed by atoms with Crippen molar-refractivity contribution in [2.75, 3.05) is 0 Å². The topological polar surface area (TPSA) is 0 Å². The predicted molar refractivity (Wildman–Crippen MR) is 58.7 cm³/mol. The van der Waals surface area contributed by atoms with Crippen molar-refractivity contribution >= 4 is 15.9 Å². The van der Waals surface area contributed by atoms with Crippen molar-refractivity contribution in [3.8, 4) is 0 Å². The van der Waals surface area contributed by atoms with Gasteiger partial charge in [-0.3, -0.25) is 0 Å². The van der Waals surface area contributed by atoms with Gasteiger partial charge >= 0.3 is 0 Å². The third kappa shape index (κ3) is 2.76. The van der Waals surface area contributed by atoms with Crippen molar-refractivity contribution in [2.24, 2.45) is 11.8 Å². The van der Waals surface area contributed by atoms with Crippen LogP contribution in [0.25, 0.3) is 0 Å². The Morgan fingerprint density at radius 1 is 1.17 bits per heavy atom. The Bertz CT molecular complexity index is 114. The quantitative estimate of drug-likeness (QED) is 0.634. The summed E-state index contributed by atoms with van der Waals surface area (Å²) in [5, 5.41) is 0. The minimum absolute atomic E-state index is 0.787. The number of hydrogen-bond donors (Lipinski definition) is 0. The van der Waals surface area contributed by atoms with Gasteiger partial charge in [0.1, 0.15) is 0 Å². The van der Waals surface area contributed by atoms with Crippen molar-refractivity contribution in [2.45, 2.75) is 57.2 Å². The highest BCUT2D eigenvalue weighted by atomic mass is 79.9. The van der Waals surface area contributed by atoms with Crippen molar-refractivity contribution in [3.05, 3.63) is 0 Å². The molecule has 12 heavy (non-hydrogen) atoms. The highest BCUT2D eigenvalue weighted by molar-refractivity contribution is 9.09. The average Bonchev–Trinajstić information content (AvgIpc) is 2.17. The van der Waals surface area contributed by atoms with Crippen LogP contribution in [0.5, 0.6) is 0 Å². The standard InChI is InChI=1S/C11H21Br/c1-3-9-5-7-10(8-6-9)11(12)4-2/h9-11H,3-8H2,1-2H3. The van der Waals surface area contributed by atoms with Gasteiger partial charge in [0.05, 0.1) is 0 Å². The minimum Gasteiger partial charge on any atom is -0.0888 e. The molecule has 1 aliphatic rings. The molecule has 1 atom stereocenters. The van der Waals surface area contributed by atoms with E-state index in [9.17, 15) is 0 Å². The van der Waals surface area contributed by atoms with E-state index in [2.05, 4.69) is 29.8 Å². The molecule has 0 N–H and O–H groups in total. The van der Waals surface area contributed by atoms with Crippen LogP contribution >= 0.6 is 15.9 Å². The van der Waals surface area contributed by atoms with Gasteiger partial charge in [-0.05, 0) is 31.1 Å². The summed E-state index contributed by atoms with van der Waals surface area (Å²) >= 11 is 3.78. The Hall–Kier alpha value is 0.480. The second-order valence-corrected chi connectivity index (χ2v) is 5.29. The molecule has 0 spiro atoms. The first-order chi connectivity index (χ1) is 5.77. The maximum absolute atomic E-state index is 3.78. The second-order valence-electron chi connectivity index (χ2n) is 4.11. The van der Waals surface area contributed by atoms with Crippen molar-refractivity contribution in [1.29, 1.82) is 0 Å². The third-order valence-corrected chi connectivity index (χ3v) is 4.77. The zero-order valence-corrected chi connectivity index (χ0v) is 9.94. The Morgan fingerprint density at radius 3 is 2.17 bits per heavy atom. The summed E-state index contributed by atoms with van der Waals surface area (Å²) in [6, 6.07) is 0. The molecule has 0 bridgehead atoms. The average molecular weight is 233 g/mol. The van der Waals surface area contributed by atoms with Crippen LogP contribution in [-0.4, -0.2) is 4.83 Å². The molecule has 0 heterocycles. The van der Waals surface area contributed by atoms with Crippen LogP contribution in [0.3, 0.4) is 0 Å². The van der Waals surface area contributed by atoms with Crippen molar-refractivity contribution in [1.82, 2.24) is 0 Å². The largest absolute Gasteiger partial charge is 0.0888 e. The summed E-state index contributed by atoms with van der Waals surface area (Å²) in [5.41, 5.74) is 0. The molecule has 0 aromatic heterocycles. The zero-order chi connectivity index (χ0) is 8.97. The van der Waals surface area contributed by atoms with Crippen LogP contribution in [0.15, 0.2) is 0 Å². The summed E-state index contributed by atoms with van der Waals surface area (Å²) in [7, 11) is 0. The number of hydrogen-bond acceptors (Lipinski definition) is 0. The van der Waals surface area contributed by atoms with Gasteiger partial charge in [0.15, 0.2) is 0 Å². The molecule has 1 saturated carbocycles. The first kappa shape index (κ1) is 10.6. The van der Waals surface area contributed by atoms with E-state index in [-0.39, 0.29) is 0 Å². The molecule has 72 valence electrons. The maximum Gasteiger partial charge on any atom is 0.0171 e. The van der Waals surface area contributed by atoms with E-state index in [4.69, 9.17) is 0 Å². The lowest BCUT2D eigenvalue weighted by Gasteiger charge is -2.30. The third-order valence-electron chi connectivity index (χ3n) is 3.37. The fourth-order valence-corrected chi connectivity index (χ4v) is 2.82. The van der Waals surface area contributed by atoms with E-state index < -0.39 is 0 Å². The summed E-state index contributed by atoms with van der Waals surface area (Å²) in [6.45, 7) is 4.61. The number of alkyl halides is 1. The molecule has 0 aromatic carbocycles. The van der Waals surface area contributed by atoms with Crippen LogP contribution in [0, 0.1) is 11.8 Å². The van der Waals surface area contributed by atoms with Crippen LogP contribution < -0.4 is 0 Å². The van der Waals surface area contributed by atoms with Crippen LogP contribution in [0.4, 0.5) is 0 Å². The molecule has 0 nitrogen and oxygen atoms in total. The van der Waals surface area contributed by atoms with E-state index in [1.807, 2.05) is 0 Å². The Balaban J connectivity index is 2.25. The highest BCUT2D eigenvalue weighted by Gasteiger charge is 2.23. The molecule has 0 amide bonds. The molecule has 0 aromatic rings. The minimum atomic E-state index is 0.787. The fourth-order valence-electron chi connectivity index (χ4n) is 2.29. The monoisotopic (exact) mass is 232 g/mol. The van der Waals surface area contributed by atoms with Gasteiger partial charge in [-0.2, -0.15) is 0 Å². The van der Waals surface area contributed by atoms with Crippen molar-refractivity contribution < 1.29 is 0 Å². The molecule has 0 aliphatic heterocycles. The van der Waals surface area contributed by atoms with Crippen LogP contribution in [-0.2, 0) is 0 Å². The normalized spacial score (nSPS) is 33.2. The van der Waals surface area contributed by atoms with E-state index in [1.165, 1.54) is 38.5 Å². The lowest BCUT2D eigenvalue weighted by Crippen LogP contribution is -2.21. The molecular weight excluding hydrogens is 212 g/mol. The van der Waals surface area contributed by atoms with Gasteiger partial charge in [0.25, 0.3) is 0 Å². The summed E-state index contributed by atoms with van der Waals surface area (Å²) < 4.78 is 0. The molecule has 1 fully saturated rings. The molecule has 1 unspecified atom stereocenters. The van der Waals surface area contributed by atoms with Gasteiger partial charge in [0, 0.05) is 4.83 Å². The predicted octanol–water partition coefficient (Wildman–Crippen LogP) is 4.38. The molecule has 1 rings (SSSR count). The molecule has 1 heteroatoms. The lowest BCUT2D eigenvalue weighted by atomic mass is 9.79. The van der Waals surface area contributed by atoms with Gasteiger partial charge in [-0.1, -0.05) is 49.0 Å². The Labute approximate surface area is 85.3 Å². The second kappa shape index (κ2) is 5.26. The van der Waals surface area contributed by atoms with Crippen LogP contribution in [0.2, 0.25) is 0 Å². The molecular formula is C11H21Br. The summed E-state index contributed by atoms with van der Waals surface area (Å²) in [4.78, 5) is 0.787. The first-order valence-electron chi connectivity index (χ1n) is 5.42. The van der Waals surface area contributed by atoms with Crippen LogP contribution in [0.1, 0.15) is 52.4 Å². The smallest absolute Gasteiger partial charge is 0.0171 e. The maximum atomic E-state index is 3.78. The number of halogens is 1.